The van der Waals surface area contributed by atoms with Crippen LogP contribution in [-0.4, -0.2) is 17.6 Å². The molecule has 0 saturated heterocycles. The van der Waals surface area contributed by atoms with Crippen LogP contribution in [0.4, 0.5) is 11.4 Å². The number of nitrogens with one attached hydrogen (secondary N) is 2. The summed E-state index contributed by atoms with van der Waals surface area (Å²) in [6, 6.07) is 20.9. The summed E-state index contributed by atoms with van der Waals surface area (Å²) in [5.41, 5.74) is 5.47. The fourth-order valence-electron chi connectivity index (χ4n) is 2.91. The highest BCUT2D eigenvalue weighted by Gasteiger charge is 2.08. The molecule has 0 aliphatic rings. The summed E-state index contributed by atoms with van der Waals surface area (Å²) in [5, 5.41) is 5.84. The average molecular weight is 405 g/mol. The van der Waals surface area contributed by atoms with Gasteiger partial charge in [0.1, 0.15) is 0 Å². The summed E-state index contributed by atoms with van der Waals surface area (Å²) >= 11 is 1.46. The summed E-state index contributed by atoms with van der Waals surface area (Å²) in [4.78, 5) is 25.5. The van der Waals surface area contributed by atoms with Gasteiger partial charge in [-0.25, -0.2) is 0 Å². The van der Waals surface area contributed by atoms with Crippen molar-refractivity contribution >= 4 is 35.0 Å². The van der Waals surface area contributed by atoms with Crippen LogP contribution in [0.3, 0.4) is 0 Å². The van der Waals surface area contributed by atoms with Crippen molar-refractivity contribution in [1.82, 2.24) is 0 Å². The fraction of sp³-hybridized carbons (Fsp3) is 0.167. The van der Waals surface area contributed by atoms with Crippen LogP contribution in [0.1, 0.15) is 27.0 Å². The van der Waals surface area contributed by atoms with E-state index in [-0.39, 0.29) is 11.8 Å². The van der Waals surface area contributed by atoms with Gasteiger partial charge >= 0.3 is 0 Å². The summed E-state index contributed by atoms with van der Waals surface area (Å²) in [6.45, 7) is 5.97. The third kappa shape index (κ3) is 5.96. The van der Waals surface area contributed by atoms with E-state index in [1.165, 1.54) is 17.3 Å². The van der Waals surface area contributed by atoms with Gasteiger partial charge in [0.25, 0.3) is 5.91 Å². The van der Waals surface area contributed by atoms with Crippen LogP contribution < -0.4 is 10.6 Å². The monoisotopic (exact) mass is 404 g/mol. The third-order valence-electron chi connectivity index (χ3n) is 4.42. The zero-order valence-electron chi connectivity index (χ0n) is 16.8. The summed E-state index contributed by atoms with van der Waals surface area (Å²) in [6.07, 6.45) is 0. The first-order valence-electron chi connectivity index (χ1n) is 9.39. The summed E-state index contributed by atoms with van der Waals surface area (Å²) in [7, 11) is 0. The van der Waals surface area contributed by atoms with Crippen LogP contribution in [0.5, 0.6) is 0 Å². The Bertz CT molecular complexity index is 1030. The fourth-order valence-corrected chi connectivity index (χ4v) is 3.61. The van der Waals surface area contributed by atoms with Crippen molar-refractivity contribution in [2.45, 2.75) is 25.7 Å². The Balaban J connectivity index is 1.52. The maximum atomic E-state index is 12.3. The normalized spacial score (nSPS) is 10.4. The molecule has 0 spiro atoms. The molecule has 0 radical (unpaired) electrons. The van der Waals surface area contributed by atoms with E-state index in [0.717, 1.165) is 27.4 Å². The molecule has 2 N–H and O–H groups in total. The van der Waals surface area contributed by atoms with Gasteiger partial charge in [-0.2, -0.15) is 0 Å². The zero-order chi connectivity index (χ0) is 20.8. The first-order valence-corrected chi connectivity index (χ1v) is 10.4. The minimum atomic E-state index is -0.137. The molecule has 3 aromatic carbocycles. The minimum Gasteiger partial charge on any atom is -0.325 e. The molecule has 2 amide bonds. The highest BCUT2D eigenvalue weighted by molar-refractivity contribution is 8.00. The van der Waals surface area contributed by atoms with Crippen LogP contribution in [-0.2, 0) is 4.79 Å². The summed E-state index contributed by atoms with van der Waals surface area (Å²) < 4.78 is 0. The van der Waals surface area contributed by atoms with E-state index < -0.39 is 0 Å². The van der Waals surface area contributed by atoms with Crippen molar-refractivity contribution in [3.8, 4) is 0 Å². The second kappa shape index (κ2) is 9.43. The van der Waals surface area contributed by atoms with Gasteiger partial charge in [0, 0.05) is 21.8 Å². The lowest BCUT2D eigenvalue weighted by Gasteiger charge is -2.09. The molecule has 0 heterocycles. The predicted molar refractivity (Wildman–Crippen MR) is 121 cm³/mol. The Morgan fingerprint density at radius 3 is 2.24 bits per heavy atom. The minimum absolute atomic E-state index is 0.0428. The molecule has 3 rings (SSSR count). The van der Waals surface area contributed by atoms with E-state index in [4.69, 9.17) is 0 Å². The Labute approximate surface area is 175 Å². The van der Waals surface area contributed by atoms with E-state index in [9.17, 15) is 9.59 Å². The van der Waals surface area contributed by atoms with Gasteiger partial charge in [0.05, 0.1) is 5.75 Å². The van der Waals surface area contributed by atoms with Crippen molar-refractivity contribution in [2.24, 2.45) is 0 Å². The van der Waals surface area contributed by atoms with Crippen molar-refractivity contribution in [3.05, 3.63) is 89.0 Å². The van der Waals surface area contributed by atoms with Crippen LogP contribution in [0, 0.1) is 20.8 Å². The molecule has 5 heteroatoms. The van der Waals surface area contributed by atoms with Crippen molar-refractivity contribution < 1.29 is 9.59 Å². The van der Waals surface area contributed by atoms with Gasteiger partial charge in [-0.1, -0.05) is 35.4 Å². The van der Waals surface area contributed by atoms with Crippen molar-refractivity contribution in [1.29, 1.82) is 0 Å². The van der Waals surface area contributed by atoms with E-state index in [2.05, 4.69) is 10.6 Å². The second-order valence-electron chi connectivity index (χ2n) is 7.00. The number of hydrogen-bond donors (Lipinski definition) is 2. The molecule has 0 aliphatic heterocycles. The Morgan fingerprint density at radius 1 is 0.828 bits per heavy atom. The average Bonchev–Trinajstić information content (AvgIpc) is 2.69. The molecular formula is C24H24N2O2S. The van der Waals surface area contributed by atoms with E-state index >= 15 is 0 Å². The molecular weight excluding hydrogens is 380 g/mol. The SMILES string of the molecule is Cc1cccc(C(=O)Nc2ccc(SCC(=O)Nc3ccc(C)cc3C)cc2)c1. The number of carbonyl (C=O) groups is 2. The van der Waals surface area contributed by atoms with Crippen LogP contribution >= 0.6 is 11.8 Å². The number of aryl methyl sites for hydroxylation is 3. The Morgan fingerprint density at radius 2 is 1.55 bits per heavy atom. The number of rotatable bonds is 6. The zero-order valence-corrected chi connectivity index (χ0v) is 17.6. The third-order valence-corrected chi connectivity index (χ3v) is 5.43. The quantitative estimate of drug-likeness (QED) is 0.526. The van der Waals surface area contributed by atoms with Crippen LogP contribution in [0.25, 0.3) is 0 Å². The van der Waals surface area contributed by atoms with Gasteiger partial charge in [0.15, 0.2) is 0 Å². The van der Waals surface area contributed by atoms with E-state index in [0.29, 0.717) is 11.3 Å². The van der Waals surface area contributed by atoms with Crippen molar-refractivity contribution in [2.75, 3.05) is 16.4 Å². The molecule has 0 bridgehead atoms. The van der Waals surface area contributed by atoms with Gasteiger partial charge in [-0.05, 0) is 68.8 Å². The van der Waals surface area contributed by atoms with Gasteiger partial charge < -0.3 is 10.6 Å². The Hall–Kier alpha value is -3.05. The standard InChI is InChI=1S/C24H24N2O2S/c1-16-5-4-6-19(14-16)24(28)25-20-8-10-21(11-9-20)29-15-23(27)26-22-12-7-17(2)13-18(22)3/h4-14H,15H2,1-3H3,(H,25,28)(H,26,27). The van der Waals surface area contributed by atoms with E-state index in [1.807, 2.05) is 81.4 Å². The first kappa shape index (κ1) is 20.7. The largest absolute Gasteiger partial charge is 0.325 e. The van der Waals surface area contributed by atoms with Gasteiger partial charge in [0.2, 0.25) is 5.91 Å². The maximum Gasteiger partial charge on any atom is 0.255 e. The number of benzene rings is 3. The molecule has 29 heavy (non-hydrogen) atoms. The second-order valence-corrected chi connectivity index (χ2v) is 8.05. The molecule has 0 aromatic heterocycles. The molecule has 0 unspecified atom stereocenters. The molecule has 0 fully saturated rings. The number of carbonyl (C=O) groups excluding carboxylic acids is 2. The maximum absolute atomic E-state index is 12.3. The van der Waals surface area contributed by atoms with Crippen LogP contribution in [0.15, 0.2) is 71.6 Å². The highest BCUT2D eigenvalue weighted by atomic mass is 32.2. The highest BCUT2D eigenvalue weighted by Crippen LogP contribution is 2.22. The number of anilines is 2. The number of amides is 2. The molecule has 0 saturated carbocycles. The first-order chi connectivity index (χ1) is 13.9. The molecule has 0 aliphatic carbocycles. The number of hydrogen-bond acceptors (Lipinski definition) is 3. The Kier molecular flexibility index (Phi) is 6.73. The lowest BCUT2D eigenvalue weighted by molar-refractivity contribution is -0.113. The number of thioether (sulfide) groups is 1. The molecule has 148 valence electrons. The smallest absolute Gasteiger partial charge is 0.255 e. The topological polar surface area (TPSA) is 58.2 Å². The summed E-state index contributed by atoms with van der Waals surface area (Å²) in [5.74, 6) is 0.142. The van der Waals surface area contributed by atoms with E-state index in [1.54, 1.807) is 6.07 Å². The lowest BCUT2D eigenvalue weighted by atomic mass is 10.1. The lowest BCUT2D eigenvalue weighted by Crippen LogP contribution is -2.14. The van der Waals surface area contributed by atoms with Crippen molar-refractivity contribution in [3.63, 3.8) is 0 Å². The van der Waals surface area contributed by atoms with Gasteiger partial charge in [-0.3, -0.25) is 9.59 Å². The predicted octanol–water partition coefficient (Wildman–Crippen LogP) is 5.59. The molecule has 0 atom stereocenters. The molecule has 4 nitrogen and oxygen atoms in total. The van der Waals surface area contributed by atoms with Gasteiger partial charge in [-0.15, -0.1) is 11.8 Å². The van der Waals surface area contributed by atoms with Crippen LogP contribution in [0.2, 0.25) is 0 Å². The molecule has 3 aromatic rings.